The van der Waals surface area contributed by atoms with Crippen LogP contribution in [0.5, 0.6) is 17.2 Å². The van der Waals surface area contributed by atoms with E-state index in [0.717, 1.165) is 21.5 Å². The van der Waals surface area contributed by atoms with Crippen molar-refractivity contribution in [3.05, 3.63) is 78.4 Å². The molecule has 0 aliphatic rings. The number of carbonyl (C=O) groups is 1. The largest absolute Gasteiger partial charge is 0.497 e. The van der Waals surface area contributed by atoms with Gasteiger partial charge in [-0.2, -0.15) is 5.26 Å². The second kappa shape index (κ2) is 12.9. The summed E-state index contributed by atoms with van der Waals surface area (Å²) in [7, 11) is 4.75. The molecule has 0 radical (unpaired) electrons. The predicted octanol–water partition coefficient (Wildman–Crippen LogP) is 7.43. The highest BCUT2D eigenvalue weighted by Gasteiger charge is 2.25. The standard InChI is InChI=1S/C32H28N4O4S2/c1-5-27(30(37)36-32-35-24-15-14-20(38-2)16-28(24)42-32)41-31-23(18-33)22(17-25(34-31)19-10-7-6-8-11-19)21-12-9-13-26(39-3)29(21)40-4/h6-17,27H,5H2,1-4H3,(H,35,36,37). The summed E-state index contributed by atoms with van der Waals surface area (Å²) in [4.78, 5) is 23.0. The first-order valence-corrected chi connectivity index (χ1v) is 14.8. The Labute approximate surface area is 252 Å². The number of rotatable bonds is 10. The van der Waals surface area contributed by atoms with E-state index in [9.17, 15) is 10.1 Å². The summed E-state index contributed by atoms with van der Waals surface area (Å²) in [5.74, 6) is 1.56. The molecule has 3 aromatic carbocycles. The van der Waals surface area contributed by atoms with Gasteiger partial charge in [0.15, 0.2) is 16.6 Å². The minimum absolute atomic E-state index is 0.218. The van der Waals surface area contributed by atoms with Gasteiger partial charge in [-0.05, 0) is 36.8 Å². The average molecular weight is 597 g/mol. The molecule has 0 fully saturated rings. The van der Waals surface area contributed by atoms with Gasteiger partial charge in [-0.25, -0.2) is 9.97 Å². The molecule has 8 nitrogen and oxygen atoms in total. The molecule has 2 heterocycles. The van der Waals surface area contributed by atoms with Crippen molar-refractivity contribution in [1.82, 2.24) is 9.97 Å². The highest BCUT2D eigenvalue weighted by atomic mass is 32.2. The number of carbonyl (C=O) groups excluding carboxylic acids is 1. The Morgan fingerprint density at radius 1 is 0.976 bits per heavy atom. The van der Waals surface area contributed by atoms with Gasteiger partial charge in [0.2, 0.25) is 5.91 Å². The summed E-state index contributed by atoms with van der Waals surface area (Å²) in [6.07, 6.45) is 0.509. The second-order valence-corrected chi connectivity index (χ2v) is 11.3. The molecule has 0 aliphatic carbocycles. The molecule has 0 aliphatic heterocycles. The number of nitriles is 1. The fraction of sp³-hybridized carbons (Fsp3) is 0.188. The first kappa shape index (κ1) is 28.9. The third kappa shape index (κ3) is 5.88. The van der Waals surface area contributed by atoms with E-state index in [1.165, 1.54) is 23.1 Å². The Morgan fingerprint density at radius 2 is 1.79 bits per heavy atom. The number of para-hydroxylation sites is 1. The summed E-state index contributed by atoms with van der Waals surface area (Å²) in [6, 6.07) is 25.1. The topological polar surface area (TPSA) is 106 Å². The molecule has 212 valence electrons. The van der Waals surface area contributed by atoms with Crippen molar-refractivity contribution in [1.29, 1.82) is 5.26 Å². The second-order valence-electron chi connectivity index (χ2n) is 9.11. The maximum Gasteiger partial charge on any atom is 0.239 e. The van der Waals surface area contributed by atoms with Gasteiger partial charge in [-0.1, -0.05) is 72.5 Å². The van der Waals surface area contributed by atoms with Gasteiger partial charge in [0, 0.05) is 16.7 Å². The van der Waals surface area contributed by atoms with Crippen LogP contribution in [0.25, 0.3) is 32.6 Å². The van der Waals surface area contributed by atoms with Crippen molar-refractivity contribution in [3.8, 4) is 45.7 Å². The minimum atomic E-state index is -0.530. The number of aromatic nitrogens is 2. The van der Waals surface area contributed by atoms with E-state index in [4.69, 9.17) is 19.2 Å². The molecule has 0 bridgehead atoms. The zero-order valence-corrected chi connectivity index (χ0v) is 25.1. The highest BCUT2D eigenvalue weighted by molar-refractivity contribution is 8.00. The smallest absolute Gasteiger partial charge is 0.239 e. The lowest BCUT2D eigenvalue weighted by Crippen LogP contribution is -2.24. The van der Waals surface area contributed by atoms with Crippen molar-refractivity contribution in [2.24, 2.45) is 0 Å². The lowest BCUT2D eigenvalue weighted by atomic mass is 9.98. The summed E-state index contributed by atoms with van der Waals surface area (Å²) >= 11 is 2.64. The minimum Gasteiger partial charge on any atom is -0.497 e. The molecule has 42 heavy (non-hydrogen) atoms. The first-order valence-electron chi connectivity index (χ1n) is 13.1. The van der Waals surface area contributed by atoms with Crippen LogP contribution in [0.2, 0.25) is 0 Å². The fourth-order valence-electron chi connectivity index (χ4n) is 4.51. The van der Waals surface area contributed by atoms with Gasteiger partial charge in [0.05, 0.1) is 48.1 Å². The van der Waals surface area contributed by atoms with E-state index in [1.54, 1.807) is 27.4 Å². The Kier molecular flexibility index (Phi) is 8.91. The van der Waals surface area contributed by atoms with Gasteiger partial charge < -0.3 is 19.5 Å². The number of hydrogen-bond acceptors (Lipinski definition) is 9. The van der Waals surface area contributed by atoms with E-state index < -0.39 is 5.25 Å². The maximum absolute atomic E-state index is 13.5. The molecular weight excluding hydrogens is 569 g/mol. The molecule has 5 rings (SSSR count). The number of nitrogens with one attached hydrogen (secondary N) is 1. The van der Waals surface area contributed by atoms with Crippen molar-refractivity contribution < 1.29 is 19.0 Å². The normalized spacial score (nSPS) is 11.5. The quantitative estimate of drug-likeness (QED) is 0.166. The lowest BCUT2D eigenvalue weighted by molar-refractivity contribution is -0.115. The van der Waals surface area contributed by atoms with Crippen LogP contribution in [0.1, 0.15) is 18.9 Å². The van der Waals surface area contributed by atoms with Crippen LogP contribution in [-0.2, 0) is 4.79 Å². The van der Waals surface area contributed by atoms with E-state index in [-0.39, 0.29) is 5.91 Å². The SMILES string of the molecule is CCC(Sc1nc(-c2ccccc2)cc(-c2cccc(OC)c2OC)c1C#N)C(=O)Nc1nc2ccc(OC)cc2s1. The number of ether oxygens (including phenoxy) is 3. The zero-order chi connectivity index (χ0) is 29.6. The number of anilines is 1. The molecule has 1 atom stereocenters. The molecule has 1 N–H and O–H groups in total. The Hall–Kier alpha value is -4.59. The number of thiazole rings is 1. The van der Waals surface area contributed by atoms with Crippen LogP contribution in [0.3, 0.4) is 0 Å². The number of fused-ring (bicyclic) bond motifs is 1. The summed E-state index contributed by atoms with van der Waals surface area (Å²) < 4.78 is 17.5. The van der Waals surface area contributed by atoms with Crippen LogP contribution in [0.4, 0.5) is 5.13 Å². The molecule has 10 heteroatoms. The average Bonchev–Trinajstić information content (AvgIpc) is 3.44. The third-order valence-corrected chi connectivity index (χ3v) is 8.89. The Balaban J connectivity index is 1.55. The monoisotopic (exact) mass is 596 g/mol. The zero-order valence-electron chi connectivity index (χ0n) is 23.5. The molecule has 1 unspecified atom stereocenters. The van der Waals surface area contributed by atoms with Crippen molar-refractivity contribution in [2.45, 2.75) is 23.6 Å². The van der Waals surface area contributed by atoms with Crippen LogP contribution >= 0.6 is 23.1 Å². The fourth-order valence-corrected chi connectivity index (χ4v) is 6.44. The molecule has 0 spiro atoms. The highest BCUT2D eigenvalue weighted by Crippen LogP contribution is 2.43. The predicted molar refractivity (Wildman–Crippen MR) is 168 cm³/mol. The summed E-state index contributed by atoms with van der Waals surface area (Å²) in [5, 5.41) is 13.8. The van der Waals surface area contributed by atoms with Gasteiger partial charge in [-0.3, -0.25) is 4.79 Å². The molecule has 1 amide bonds. The molecule has 2 aromatic heterocycles. The number of nitrogens with zero attached hydrogens (tertiary/aromatic N) is 3. The molecule has 0 saturated carbocycles. The van der Waals surface area contributed by atoms with E-state index >= 15 is 0 Å². The van der Waals surface area contributed by atoms with Crippen LogP contribution < -0.4 is 19.5 Å². The van der Waals surface area contributed by atoms with Gasteiger partial charge in [0.25, 0.3) is 0 Å². The van der Waals surface area contributed by atoms with Crippen LogP contribution in [0.15, 0.2) is 77.8 Å². The van der Waals surface area contributed by atoms with E-state index in [0.29, 0.717) is 50.5 Å². The lowest BCUT2D eigenvalue weighted by Gasteiger charge is -2.18. The van der Waals surface area contributed by atoms with Crippen molar-refractivity contribution in [3.63, 3.8) is 0 Å². The molecular formula is C32H28N4O4S2. The van der Waals surface area contributed by atoms with Crippen molar-refractivity contribution in [2.75, 3.05) is 26.6 Å². The maximum atomic E-state index is 13.5. The number of benzene rings is 3. The molecule has 0 saturated heterocycles. The first-order chi connectivity index (χ1) is 20.5. The summed E-state index contributed by atoms with van der Waals surface area (Å²) in [6.45, 7) is 1.93. The van der Waals surface area contributed by atoms with Gasteiger partial charge >= 0.3 is 0 Å². The number of thioether (sulfide) groups is 1. The van der Waals surface area contributed by atoms with E-state index in [1.807, 2.05) is 73.7 Å². The van der Waals surface area contributed by atoms with Gasteiger partial charge in [0.1, 0.15) is 16.8 Å². The summed E-state index contributed by atoms with van der Waals surface area (Å²) in [5.41, 5.74) is 4.01. The van der Waals surface area contributed by atoms with Crippen LogP contribution in [0, 0.1) is 11.3 Å². The Morgan fingerprint density at radius 3 is 2.48 bits per heavy atom. The third-order valence-electron chi connectivity index (χ3n) is 6.60. The number of pyridine rings is 1. The molecule has 5 aromatic rings. The number of hydrogen-bond donors (Lipinski definition) is 1. The number of methoxy groups -OCH3 is 3. The van der Waals surface area contributed by atoms with Crippen molar-refractivity contribution >= 4 is 44.4 Å². The van der Waals surface area contributed by atoms with Gasteiger partial charge in [-0.15, -0.1) is 0 Å². The number of amides is 1. The van der Waals surface area contributed by atoms with Crippen LogP contribution in [-0.4, -0.2) is 42.5 Å². The Bertz CT molecular complexity index is 1780. The van der Waals surface area contributed by atoms with E-state index in [2.05, 4.69) is 16.4 Å².